The van der Waals surface area contributed by atoms with E-state index in [1.807, 2.05) is 0 Å². The van der Waals surface area contributed by atoms with Gasteiger partial charge in [-0.2, -0.15) is 0 Å². The molecule has 1 aliphatic rings. The van der Waals surface area contributed by atoms with E-state index >= 15 is 0 Å². The van der Waals surface area contributed by atoms with Crippen LogP contribution in [0.2, 0.25) is 0 Å². The summed E-state index contributed by atoms with van der Waals surface area (Å²) in [6.07, 6.45) is 5.63. The quantitative estimate of drug-likeness (QED) is 0.497. The van der Waals surface area contributed by atoms with Crippen LogP contribution in [0.25, 0.3) is 0 Å². The summed E-state index contributed by atoms with van der Waals surface area (Å²) in [5.74, 6) is -0.269. The zero-order valence-corrected chi connectivity index (χ0v) is 10.2. The number of carbonyl (C=O) groups excluding carboxylic acids is 1. The molecule has 0 aliphatic carbocycles. The third kappa shape index (κ3) is 5.47. The Balaban J connectivity index is 2.03. The van der Waals surface area contributed by atoms with Gasteiger partial charge in [-0.3, -0.25) is 4.79 Å². The average Bonchev–Trinajstić information content (AvgIpc) is 2.70. The van der Waals surface area contributed by atoms with E-state index in [1.165, 1.54) is 26.2 Å². The molecule has 1 rings (SSSR count). The van der Waals surface area contributed by atoms with Gasteiger partial charge in [-0.1, -0.05) is 26.2 Å². The molecule has 4 nitrogen and oxygen atoms in total. The number of unbranched alkanes of at least 4 members (excludes halogenated alkanes) is 3. The molecule has 1 heterocycles. The Morgan fingerprint density at radius 2 is 2.19 bits per heavy atom. The third-order valence-electron chi connectivity index (χ3n) is 2.58. The molecular weight excluding hydrogens is 208 g/mol. The Morgan fingerprint density at radius 3 is 2.88 bits per heavy atom. The highest BCUT2D eigenvalue weighted by molar-refractivity contribution is 5.65. The maximum atomic E-state index is 10.6. The number of ether oxygens (including phenoxy) is 3. The van der Waals surface area contributed by atoms with Crippen molar-refractivity contribution < 1.29 is 19.0 Å². The van der Waals surface area contributed by atoms with Gasteiger partial charge >= 0.3 is 5.97 Å². The molecule has 2 unspecified atom stereocenters. The molecule has 0 amide bonds. The predicted octanol–water partition coefficient (Wildman–Crippen LogP) is 2.26. The lowest BCUT2D eigenvalue weighted by atomic mass is 10.1. The lowest BCUT2D eigenvalue weighted by Crippen LogP contribution is -2.20. The Hall–Kier alpha value is -0.610. The van der Waals surface area contributed by atoms with Crippen molar-refractivity contribution in [2.75, 3.05) is 13.2 Å². The highest BCUT2D eigenvalue weighted by atomic mass is 16.7. The summed E-state index contributed by atoms with van der Waals surface area (Å²) >= 11 is 0. The van der Waals surface area contributed by atoms with Gasteiger partial charge in [0.25, 0.3) is 0 Å². The van der Waals surface area contributed by atoms with Crippen molar-refractivity contribution in [3.8, 4) is 0 Å². The Morgan fingerprint density at radius 1 is 1.38 bits per heavy atom. The SMILES string of the molecule is CCCCCCC1OCC(COC(C)=O)O1. The van der Waals surface area contributed by atoms with E-state index in [9.17, 15) is 4.79 Å². The topological polar surface area (TPSA) is 44.8 Å². The van der Waals surface area contributed by atoms with Gasteiger partial charge in [0.05, 0.1) is 6.61 Å². The van der Waals surface area contributed by atoms with E-state index in [2.05, 4.69) is 6.92 Å². The molecule has 0 spiro atoms. The van der Waals surface area contributed by atoms with Crippen LogP contribution in [0.1, 0.15) is 46.0 Å². The average molecular weight is 230 g/mol. The Labute approximate surface area is 97.2 Å². The molecule has 0 aromatic carbocycles. The van der Waals surface area contributed by atoms with Gasteiger partial charge in [-0.25, -0.2) is 0 Å². The van der Waals surface area contributed by atoms with Crippen LogP contribution < -0.4 is 0 Å². The normalized spacial score (nSPS) is 24.6. The lowest BCUT2D eigenvalue weighted by Gasteiger charge is -2.11. The standard InChI is InChI=1S/C12H22O4/c1-3-4-5-6-7-12-15-9-11(16-12)8-14-10(2)13/h11-12H,3-9H2,1-2H3. The second-order valence-corrected chi connectivity index (χ2v) is 4.17. The van der Waals surface area contributed by atoms with E-state index in [1.54, 1.807) is 0 Å². The maximum absolute atomic E-state index is 10.6. The molecule has 94 valence electrons. The molecule has 0 radical (unpaired) electrons. The Bertz CT molecular complexity index is 205. The first kappa shape index (κ1) is 13.5. The summed E-state index contributed by atoms with van der Waals surface area (Å²) in [7, 11) is 0. The summed E-state index contributed by atoms with van der Waals surface area (Å²) in [6.45, 7) is 4.43. The van der Waals surface area contributed by atoms with Crippen molar-refractivity contribution in [3.05, 3.63) is 0 Å². The molecular formula is C12H22O4. The van der Waals surface area contributed by atoms with Gasteiger partial charge in [-0.05, 0) is 12.8 Å². The van der Waals surface area contributed by atoms with E-state index in [4.69, 9.17) is 14.2 Å². The van der Waals surface area contributed by atoms with Gasteiger partial charge in [0.2, 0.25) is 0 Å². The molecule has 16 heavy (non-hydrogen) atoms. The van der Waals surface area contributed by atoms with Crippen molar-refractivity contribution in [1.82, 2.24) is 0 Å². The van der Waals surface area contributed by atoms with Crippen LogP contribution in [0, 0.1) is 0 Å². The van der Waals surface area contributed by atoms with Crippen LogP contribution in [0.5, 0.6) is 0 Å². The summed E-state index contributed by atoms with van der Waals surface area (Å²) < 4.78 is 15.9. The fourth-order valence-electron chi connectivity index (χ4n) is 1.69. The first-order chi connectivity index (χ1) is 7.72. The molecule has 2 atom stereocenters. The van der Waals surface area contributed by atoms with Crippen LogP contribution >= 0.6 is 0 Å². The number of hydrogen-bond donors (Lipinski definition) is 0. The summed E-state index contributed by atoms with van der Waals surface area (Å²) in [5.41, 5.74) is 0. The molecule has 0 saturated carbocycles. The predicted molar refractivity (Wildman–Crippen MR) is 60.0 cm³/mol. The number of hydrogen-bond acceptors (Lipinski definition) is 4. The van der Waals surface area contributed by atoms with Gasteiger partial charge < -0.3 is 14.2 Å². The van der Waals surface area contributed by atoms with Crippen LogP contribution in [-0.4, -0.2) is 31.6 Å². The highest BCUT2D eigenvalue weighted by Crippen LogP contribution is 2.17. The van der Waals surface area contributed by atoms with Crippen LogP contribution in [0.15, 0.2) is 0 Å². The van der Waals surface area contributed by atoms with Crippen LogP contribution in [-0.2, 0) is 19.0 Å². The van der Waals surface area contributed by atoms with Crippen molar-refractivity contribution in [1.29, 1.82) is 0 Å². The fourth-order valence-corrected chi connectivity index (χ4v) is 1.69. The van der Waals surface area contributed by atoms with Crippen LogP contribution in [0.4, 0.5) is 0 Å². The summed E-state index contributed by atoms with van der Waals surface area (Å²) in [6, 6.07) is 0. The summed E-state index contributed by atoms with van der Waals surface area (Å²) in [5, 5.41) is 0. The monoisotopic (exact) mass is 230 g/mol. The number of carbonyl (C=O) groups is 1. The molecule has 1 saturated heterocycles. The van der Waals surface area contributed by atoms with E-state index in [0.717, 1.165) is 12.8 Å². The van der Waals surface area contributed by atoms with Crippen molar-refractivity contribution >= 4 is 5.97 Å². The van der Waals surface area contributed by atoms with Gasteiger partial charge in [0, 0.05) is 6.92 Å². The molecule has 4 heteroatoms. The first-order valence-corrected chi connectivity index (χ1v) is 6.12. The largest absolute Gasteiger partial charge is 0.463 e. The zero-order valence-electron chi connectivity index (χ0n) is 10.2. The minimum Gasteiger partial charge on any atom is -0.463 e. The van der Waals surface area contributed by atoms with Crippen LogP contribution in [0.3, 0.4) is 0 Å². The second-order valence-electron chi connectivity index (χ2n) is 4.17. The van der Waals surface area contributed by atoms with Crippen molar-refractivity contribution in [2.24, 2.45) is 0 Å². The molecule has 0 aromatic heterocycles. The minimum absolute atomic E-state index is 0.0833. The third-order valence-corrected chi connectivity index (χ3v) is 2.58. The van der Waals surface area contributed by atoms with Gasteiger partial charge in [0.15, 0.2) is 6.29 Å². The van der Waals surface area contributed by atoms with Crippen molar-refractivity contribution in [3.63, 3.8) is 0 Å². The molecule has 1 aliphatic heterocycles. The smallest absolute Gasteiger partial charge is 0.302 e. The summed E-state index contributed by atoms with van der Waals surface area (Å²) in [4.78, 5) is 10.6. The zero-order chi connectivity index (χ0) is 11.8. The van der Waals surface area contributed by atoms with Gasteiger partial charge in [-0.15, -0.1) is 0 Å². The minimum atomic E-state index is -0.269. The van der Waals surface area contributed by atoms with Crippen molar-refractivity contribution in [2.45, 2.75) is 58.3 Å². The number of esters is 1. The van der Waals surface area contributed by atoms with E-state index < -0.39 is 0 Å². The Kier molecular flexibility index (Phi) is 6.42. The van der Waals surface area contributed by atoms with Gasteiger partial charge in [0.1, 0.15) is 12.7 Å². The molecule has 0 bridgehead atoms. The lowest BCUT2D eigenvalue weighted by molar-refractivity contribution is -0.145. The molecule has 0 N–H and O–H groups in total. The molecule has 0 aromatic rings. The fraction of sp³-hybridized carbons (Fsp3) is 0.917. The van der Waals surface area contributed by atoms with E-state index in [-0.39, 0.29) is 18.4 Å². The second kappa shape index (κ2) is 7.63. The maximum Gasteiger partial charge on any atom is 0.302 e. The first-order valence-electron chi connectivity index (χ1n) is 6.12. The highest BCUT2D eigenvalue weighted by Gasteiger charge is 2.26. The van der Waals surface area contributed by atoms with E-state index in [0.29, 0.717) is 13.2 Å². The number of rotatable bonds is 7. The molecule has 1 fully saturated rings.